The highest BCUT2D eigenvalue weighted by molar-refractivity contribution is 8.13. The van der Waals surface area contributed by atoms with Gasteiger partial charge in [-0.15, -0.1) is 0 Å². The van der Waals surface area contributed by atoms with E-state index in [0.717, 1.165) is 16.7 Å². The maximum atomic E-state index is 11.1. The van der Waals surface area contributed by atoms with Crippen molar-refractivity contribution in [1.82, 2.24) is 0 Å². The first kappa shape index (κ1) is 11.6. The molecule has 0 atom stereocenters. The standard InChI is InChI=1S/C10H10O4S/c1-13-9(11)7-3-5-8(6-4-7)15-10(12)14-2/h3-6H,1-2H3. The number of benzene rings is 1. The van der Waals surface area contributed by atoms with E-state index in [9.17, 15) is 9.59 Å². The van der Waals surface area contributed by atoms with E-state index in [1.165, 1.54) is 14.2 Å². The van der Waals surface area contributed by atoms with Crippen LogP contribution in [0.3, 0.4) is 0 Å². The summed E-state index contributed by atoms with van der Waals surface area (Å²) in [6, 6.07) is 6.51. The van der Waals surface area contributed by atoms with Crippen LogP contribution in [0.2, 0.25) is 0 Å². The van der Waals surface area contributed by atoms with Gasteiger partial charge in [-0.05, 0) is 36.0 Å². The zero-order valence-electron chi connectivity index (χ0n) is 8.35. The molecule has 0 fully saturated rings. The highest BCUT2D eigenvalue weighted by Crippen LogP contribution is 2.20. The van der Waals surface area contributed by atoms with Crippen molar-refractivity contribution in [3.8, 4) is 0 Å². The molecular weight excluding hydrogens is 216 g/mol. The summed E-state index contributed by atoms with van der Waals surface area (Å²) in [5.41, 5.74) is 0.451. The van der Waals surface area contributed by atoms with Crippen LogP contribution in [-0.4, -0.2) is 25.5 Å². The zero-order chi connectivity index (χ0) is 11.3. The average molecular weight is 226 g/mol. The van der Waals surface area contributed by atoms with Crippen molar-refractivity contribution < 1.29 is 19.1 Å². The number of carbonyl (C=O) groups excluding carboxylic acids is 2. The van der Waals surface area contributed by atoms with Gasteiger partial charge in [-0.25, -0.2) is 9.59 Å². The fourth-order valence-corrected chi connectivity index (χ4v) is 1.46. The van der Waals surface area contributed by atoms with Crippen LogP contribution >= 0.6 is 11.8 Å². The summed E-state index contributed by atoms with van der Waals surface area (Å²) < 4.78 is 9.03. The summed E-state index contributed by atoms with van der Waals surface area (Å²) in [6.07, 6.45) is 0. The number of methoxy groups -OCH3 is 2. The lowest BCUT2D eigenvalue weighted by Crippen LogP contribution is -2.00. The molecule has 1 aromatic carbocycles. The Hall–Kier alpha value is -1.49. The van der Waals surface area contributed by atoms with E-state index < -0.39 is 5.97 Å². The van der Waals surface area contributed by atoms with Gasteiger partial charge in [-0.2, -0.15) is 0 Å². The summed E-state index contributed by atoms with van der Waals surface area (Å²) in [4.78, 5) is 22.7. The monoisotopic (exact) mass is 226 g/mol. The van der Waals surface area contributed by atoms with Crippen LogP contribution in [0.4, 0.5) is 4.79 Å². The van der Waals surface area contributed by atoms with Crippen molar-refractivity contribution in [2.45, 2.75) is 4.90 Å². The molecule has 0 aliphatic carbocycles. The summed E-state index contributed by atoms with van der Waals surface area (Å²) in [7, 11) is 2.64. The van der Waals surface area contributed by atoms with Crippen LogP contribution in [0.5, 0.6) is 0 Å². The predicted molar refractivity (Wildman–Crippen MR) is 56.0 cm³/mol. The minimum atomic E-state index is -0.399. The highest BCUT2D eigenvalue weighted by atomic mass is 32.2. The SMILES string of the molecule is COC(=O)Sc1ccc(C(=O)OC)cc1. The Balaban J connectivity index is 2.72. The fraction of sp³-hybridized carbons (Fsp3) is 0.200. The molecule has 1 aromatic rings. The van der Waals surface area contributed by atoms with Crippen LogP contribution in [0.15, 0.2) is 29.2 Å². The van der Waals surface area contributed by atoms with Crippen molar-refractivity contribution in [2.24, 2.45) is 0 Å². The molecule has 0 aliphatic heterocycles. The molecule has 0 unspecified atom stereocenters. The minimum Gasteiger partial charge on any atom is -0.465 e. The molecule has 1 rings (SSSR count). The van der Waals surface area contributed by atoms with Gasteiger partial charge in [0.15, 0.2) is 0 Å². The first-order valence-corrected chi connectivity index (χ1v) is 4.93. The molecule has 80 valence electrons. The molecule has 0 spiro atoms. The Bertz CT molecular complexity index is 358. The molecule has 5 heteroatoms. The summed E-state index contributed by atoms with van der Waals surface area (Å²) in [6.45, 7) is 0. The third-order valence-electron chi connectivity index (χ3n) is 1.64. The van der Waals surface area contributed by atoms with E-state index in [-0.39, 0.29) is 5.30 Å². The second kappa shape index (κ2) is 5.41. The third kappa shape index (κ3) is 3.28. The van der Waals surface area contributed by atoms with Crippen molar-refractivity contribution in [2.75, 3.05) is 14.2 Å². The topological polar surface area (TPSA) is 52.6 Å². The van der Waals surface area contributed by atoms with Gasteiger partial charge in [0.05, 0.1) is 19.8 Å². The first-order chi connectivity index (χ1) is 7.17. The summed E-state index contributed by atoms with van der Waals surface area (Å²) >= 11 is 0.958. The van der Waals surface area contributed by atoms with Crippen LogP contribution in [0.1, 0.15) is 10.4 Å². The Kier molecular flexibility index (Phi) is 4.17. The lowest BCUT2D eigenvalue weighted by Gasteiger charge is -2.01. The molecule has 0 bridgehead atoms. The normalized spacial score (nSPS) is 9.47. The average Bonchev–Trinajstić information content (AvgIpc) is 2.29. The minimum absolute atomic E-state index is 0.388. The number of esters is 1. The van der Waals surface area contributed by atoms with Gasteiger partial charge in [0, 0.05) is 4.90 Å². The van der Waals surface area contributed by atoms with Crippen molar-refractivity contribution in [3.05, 3.63) is 29.8 Å². The predicted octanol–water partition coefficient (Wildman–Crippen LogP) is 2.33. The van der Waals surface area contributed by atoms with Gasteiger partial charge in [-0.3, -0.25) is 0 Å². The van der Waals surface area contributed by atoms with Gasteiger partial charge >= 0.3 is 11.3 Å². The molecule has 0 amide bonds. The second-order valence-corrected chi connectivity index (χ2v) is 3.58. The first-order valence-electron chi connectivity index (χ1n) is 4.11. The Morgan fingerprint density at radius 2 is 1.67 bits per heavy atom. The third-order valence-corrected chi connectivity index (χ3v) is 2.48. The van der Waals surface area contributed by atoms with Gasteiger partial charge in [0.2, 0.25) is 0 Å². The van der Waals surface area contributed by atoms with Crippen molar-refractivity contribution >= 4 is 23.0 Å². The molecule has 0 radical (unpaired) electrons. The van der Waals surface area contributed by atoms with Gasteiger partial charge in [0.25, 0.3) is 0 Å². The highest BCUT2D eigenvalue weighted by Gasteiger charge is 2.07. The summed E-state index contributed by atoms with van der Waals surface area (Å²) in [5.74, 6) is -0.399. The fourth-order valence-electron chi connectivity index (χ4n) is 0.915. The van der Waals surface area contributed by atoms with Crippen LogP contribution in [0.25, 0.3) is 0 Å². The largest absolute Gasteiger partial charge is 0.465 e. The van der Waals surface area contributed by atoms with Crippen LogP contribution < -0.4 is 0 Å². The van der Waals surface area contributed by atoms with Crippen molar-refractivity contribution in [1.29, 1.82) is 0 Å². The number of hydrogen-bond acceptors (Lipinski definition) is 5. The molecule has 0 heterocycles. The molecule has 15 heavy (non-hydrogen) atoms. The van der Waals surface area contributed by atoms with Crippen molar-refractivity contribution in [3.63, 3.8) is 0 Å². The van der Waals surface area contributed by atoms with E-state index >= 15 is 0 Å². The summed E-state index contributed by atoms with van der Waals surface area (Å²) in [5, 5.41) is -0.388. The molecule has 0 N–H and O–H groups in total. The second-order valence-electron chi connectivity index (χ2n) is 2.57. The van der Waals surface area contributed by atoms with E-state index in [4.69, 9.17) is 0 Å². The molecule has 0 aliphatic rings. The quantitative estimate of drug-likeness (QED) is 0.572. The molecule has 0 saturated heterocycles. The molecular formula is C10H10O4S. The Morgan fingerprint density at radius 3 is 2.13 bits per heavy atom. The smallest absolute Gasteiger partial charge is 0.371 e. The molecule has 0 aromatic heterocycles. The van der Waals surface area contributed by atoms with E-state index in [1.54, 1.807) is 24.3 Å². The zero-order valence-corrected chi connectivity index (χ0v) is 9.17. The van der Waals surface area contributed by atoms with Crippen LogP contribution in [0, 0.1) is 0 Å². The lowest BCUT2D eigenvalue weighted by atomic mass is 10.2. The lowest BCUT2D eigenvalue weighted by molar-refractivity contribution is 0.0600. The number of rotatable bonds is 2. The van der Waals surface area contributed by atoms with Gasteiger partial charge in [0.1, 0.15) is 0 Å². The Morgan fingerprint density at radius 1 is 1.07 bits per heavy atom. The number of ether oxygens (including phenoxy) is 2. The molecule has 4 nitrogen and oxygen atoms in total. The van der Waals surface area contributed by atoms with Crippen LogP contribution in [-0.2, 0) is 9.47 Å². The number of thioether (sulfide) groups is 1. The maximum Gasteiger partial charge on any atom is 0.371 e. The van der Waals surface area contributed by atoms with E-state index in [2.05, 4.69) is 9.47 Å². The molecule has 0 saturated carbocycles. The maximum absolute atomic E-state index is 11.1. The number of hydrogen-bond donors (Lipinski definition) is 0. The van der Waals surface area contributed by atoms with Gasteiger partial charge < -0.3 is 9.47 Å². The van der Waals surface area contributed by atoms with E-state index in [1.807, 2.05) is 0 Å². The Labute approximate surface area is 91.6 Å². The van der Waals surface area contributed by atoms with E-state index in [0.29, 0.717) is 5.56 Å². The number of carbonyl (C=O) groups is 2. The van der Waals surface area contributed by atoms with Gasteiger partial charge in [-0.1, -0.05) is 0 Å².